The van der Waals surface area contributed by atoms with Crippen LogP contribution in [0, 0.1) is 18.7 Å². The molecule has 1 fully saturated rings. The molecule has 0 heterocycles. The van der Waals surface area contributed by atoms with Crippen molar-refractivity contribution in [1.82, 2.24) is 5.32 Å². The van der Waals surface area contributed by atoms with Gasteiger partial charge in [0.15, 0.2) is 0 Å². The number of hydrogen-bond donors (Lipinski definition) is 2. The van der Waals surface area contributed by atoms with Gasteiger partial charge in [-0.3, -0.25) is 4.79 Å². The lowest BCUT2D eigenvalue weighted by Gasteiger charge is -2.32. The largest absolute Gasteiger partial charge is 0.491 e. The van der Waals surface area contributed by atoms with E-state index in [-0.39, 0.29) is 24.2 Å². The zero-order chi connectivity index (χ0) is 15.5. The molecule has 1 aliphatic carbocycles. The summed E-state index contributed by atoms with van der Waals surface area (Å²) in [5.74, 6) is 0.133. The van der Waals surface area contributed by atoms with Gasteiger partial charge in [0.25, 0.3) is 0 Å². The number of carbonyl (C=O) groups is 1. The van der Waals surface area contributed by atoms with Crippen LogP contribution in [-0.2, 0) is 4.79 Å². The summed E-state index contributed by atoms with van der Waals surface area (Å²) in [6, 6.07) is 4.57. The molecule has 1 atom stereocenters. The Bertz CT molecular complexity index is 517. The molecule has 1 aromatic carbocycles. The second-order valence-electron chi connectivity index (χ2n) is 5.74. The molecule has 0 spiro atoms. The Labute approximate surface area is 124 Å². The first-order chi connectivity index (χ1) is 9.99. The Morgan fingerprint density at radius 1 is 1.52 bits per heavy atom. The molecular formula is C16H23FN2O2. The lowest BCUT2D eigenvalue weighted by molar-refractivity contribution is -0.126. The van der Waals surface area contributed by atoms with Gasteiger partial charge < -0.3 is 15.8 Å². The molecule has 0 saturated heterocycles. The summed E-state index contributed by atoms with van der Waals surface area (Å²) in [4.78, 5) is 12.0. The van der Waals surface area contributed by atoms with Gasteiger partial charge in [-0.15, -0.1) is 0 Å². The van der Waals surface area contributed by atoms with Crippen LogP contribution in [0.15, 0.2) is 18.2 Å². The van der Waals surface area contributed by atoms with Gasteiger partial charge in [-0.05, 0) is 62.4 Å². The fourth-order valence-electron chi connectivity index (χ4n) is 2.50. The van der Waals surface area contributed by atoms with E-state index in [0.29, 0.717) is 17.9 Å². The lowest BCUT2D eigenvalue weighted by Crippen LogP contribution is -2.61. The molecule has 1 aromatic rings. The van der Waals surface area contributed by atoms with E-state index in [1.54, 1.807) is 19.1 Å². The van der Waals surface area contributed by atoms with Crippen LogP contribution in [-0.4, -0.2) is 24.6 Å². The molecule has 116 valence electrons. The number of carbonyl (C=O) groups excluding carboxylic acids is 1. The van der Waals surface area contributed by atoms with Gasteiger partial charge in [0.2, 0.25) is 5.91 Å². The van der Waals surface area contributed by atoms with Crippen LogP contribution in [0.4, 0.5) is 4.39 Å². The average Bonchev–Trinajstić information content (AvgIpc) is 3.27. The highest BCUT2D eigenvalue weighted by molar-refractivity contribution is 5.85. The summed E-state index contributed by atoms with van der Waals surface area (Å²) < 4.78 is 19.0. The van der Waals surface area contributed by atoms with Crippen molar-refractivity contribution in [1.29, 1.82) is 0 Å². The van der Waals surface area contributed by atoms with Crippen molar-refractivity contribution in [2.45, 2.75) is 38.6 Å². The molecule has 3 N–H and O–H groups in total. The third kappa shape index (κ3) is 3.53. The fourth-order valence-corrected chi connectivity index (χ4v) is 2.50. The molecule has 1 unspecified atom stereocenters. The SMILES string of the molecule is CCCNC(COc1ccc(F)c(C)c1)(C(N)=O)C1CC1. The molecule has 5 heteroatoms. The maximum absolute atomic E-state index is 13.3. The second kappa shape index (κ2) is 6.43. The van der Waals surface area contributed by atoms with Crippen LogP contribution in [0.3, 0.4) is 0 Å². The van der Waals surface area contributed by atoms with Crippen LogP contribution < -0.4 is 15.8 Å². The van der Waals surface area contributed by atoms with E-state index in [0.717, 1.165) is 19.3 Å². The number of benzene rings is 1. The van der Waals surface area contributed by atoms with Crippen molar-refractivity contribution in [2.75, 3.05) is 13.2 Å². The number of ether oxygens (including phenoxy) is 1. The minimum atomic E-state index is -0.821. The van der Waals surface area contributed by atoms with E-state index in [2.05, 4.69) is 5.32 Å². The maximum atomic E-state index is 13.3. The molecular weight excluding hydrogens is 271 g/mol. The number of halogens is 1. The topological polar surface area (TPSA) is 64.3 Å². The summed E-state index contributed by atoms with van der Waals surface area (Å²) in [6.07, 6.45) is 2.87. The van der Waals surface area contributed by atoms with Crippen molar-refractivity contribution in [2.24, 2.45) is 11.7 Å². The van der Waals surface area contributed by atoms with Crippen molar-refractivity contribution >= 4 is 5.91 Å². The highest BCUT2D eigenvalue weighted by atomic mass is 19.1. The Morgan fingerprint density at radius 3 is 2.76 bits per heavy atom. The molecule has 4 nitrogen and oxygen atoms in total. The standard InChI is InChI=1S/C16H23FN2O2/c1-3-8-19-16(15(18)20,12-4-5-12)10-21-13-6-7-14(17)11(2)9-13/h6-7,9,12,19H,3-5,8,10H2,1-2H3,(H2,18,20). The number of primary amides is 1. The van der Waals surface area contributed by atoms with E-state index < -0.39 is 5.54 Å². The van der Waals surface area contributed by atoms with E-state index in [9.17, 15) is 9.18 Å². The number of rotatable bonds is 8. The lowest BCUT2D eigenvalue weighted by atomic mass is 9.93. The quantitative estimate of drug-likeness (QED) is 0.772. The molecule has 1 aliphatic rings. The molecule has 21 heavy (non-hydrogen) atoms. The fraction of sp³-hybridized carbons (Fsp3) is 0.562. The van der Waals surface area contributed by atoms with Crippen molar-refractivity contribution in [3.05, 3.63) is 29.6 Å². The second-order valence-corrected chi connectivity index (χ2v) is 5.74. The number of hydrogen-bond acceptors (Lipinski definition) is 3. The molecule has 2 rings (SSSR count). The third-order valence-corrected chi connectivity index (χ3v) is 4.00. The normalized spacial score (nSPS) is 17.3. The maximum Gasteiger partial charge on any atom is 0.241 e. The van der Waals surface area contributed by atoms with Crippen molar-refractivity contribution < 1.29 is 13.9 Å². The summed E-state index contributed by atoms with van der Waals surface area (Å²) in [5, 5.41) is 3.27. The van der Waals surface area contributed by atoms with Crippen LogP contribution in [0.5, 0.6) is 5.75 Å². The molecule has 1 amide bonds. The number of aryl methyl sites for hydroxylation is 1. The van der Waals surface area contributed by atoms with Crippen LogP contribution in [0.25, 0.3) is 0 Å². The molecule has 0 aromatic heterocycles. The van der Waals surface area contributed by atoms with Crippen LogP contribution >= 0.6 is 0 Å². The van der Waals surface area contributed by atoms with Gasteiger partial charge in [0, 0.05) is 0 Å². The Balaban J connectivity index is 2.10. The Hall–Kier alpha value is -1.62. The van der Waals surface area contributed by atoms with E-state index in [1.165, 1.54) is 6.07 Å². The Kier molecular flexibility index (Phi) is 4.83. The molecule has 1 saturated carbocycles. The van der Waals surface area contributed by atoms with E-state index in [1.807, 2.05) is 6.92 Å². The van der Waals surface area contributed by atoms with E-state index >= 15 is 0 Å². The van der Waals surface area contributed by atoms with Crippen molar-refractivity contribution in [3.63, 3.8) is 0 Å². The van der Waals surface area contributed by atoms with Gasteiger partial charge in [-0.25, -0.2) is 4.39 Å². The molecule has 0 aliphatic heterocycles. The third-order valence-electron chi connectivity index (χ3n) is 4.00. The summed E-state index contributed by atoms with van der Waals surface area (Å²) in [6.45, 7) is 4.61. The molecule has 0 bridgehead atoms. The number of nitrogens with one attached hydrogen (secondary N) is 1. The minimum Gasteiger partial charge on any atom is -0.491 e. The Morgan fingerprint density at radius 2 is 2.24 bits per heavy atom. The minimum absolute atomic E-state index is 0.179. The van der Waals surface area contributed by atoms with Gasteiger partial charge >= 0.3 is 0 Å². The highest BCUT2D eigenvalue weighted by Gasteiger charge is 2.50. The van der Waals surface area contributed by atoms with Crippen LogP contribution in [0.2, 0.25) is 0 Å². The predicted molar refractivity (Wildman–Crippen MR) is 79.6 cm³/mol. The first-order valence-corrected chi connectivity index (χ1v) is 7.43. The monoisotopic (exact) mass is 294 g/mol. The average molecular weight is 294 g/mol. The number of nitrogens with two attached hydrogens (primary N) is 1. The smallest absolute Gasteiger partial charge is 0.241 e. The zero-order valence-electron chi connectivity index (χ0n) is 12.6. The van der Waals surface area contributed by atoms with Crippen LogP contribution in [0.1, 0.15) is 31.7 Å². The van der Waals surface area contributed by atoms with Gasteiger partial charge in [0.1, 0.15) is 23.7 Å². The predicted octanol–water partition coefficient (Wildman–Crippen LogP) is 2.15. The first kappa shape index (κ1) is 15.8. The summed E-state index contributed by atoms with van der Waals surface area (Å²) >= 11 is 0. The number of amides is 1. The highest BCUT2D eigenvalue weighted by Crippen LogP contribution is 2.40. The van der Waals surface area contributed by atoms with Gasteiger partial charge in [-0.1, -0.05) is 6.92 Å². The zero-order valence-corrected chi connectivity index (χ0v) is 12.6. The van der Waals surface area contributed by atoms with E-state index in [4.69, 9.17) is 10.5 Å². The molecule has 0 radical (unpaired) electrons. The van der Waals surface area contributed by atoms with Gasteiger partial charge in [-0.2, -0.15) is 0 Å². The van der Waals surface area contributed by atoms with Crippen molar-refractivity contribution in [3.8, 4) is 5.75 Å². The summed E-state index contributed by atoms with van der Waals surface area (Å²) in [7, 11) is 0. The van der Waals surface area contributed by atoms with Gasteiger partial charge in [0.05, 0.1) is 0 Å². The first-order valence-electron chi connectivity index (χ1n) is 7.43. The summed E-state index contributed by atoms with van der Waals surface area (Å²) in [5.41, 5.74) is 5.33.